The first-order chi connectivity index (χ1) is 10.1. The number of rotatable bonds is 4. The molecule has 0 heterocycles. The Hall–Kier alpha value is -1.71. The van der Waals surface area contributed by atoms with Gasteiger partial charge in [0.2, 0.25) is 0 Å². The van der Waals surface area contributed by atoms with E-state index in [9.17, 15) is 4.79 Å². The van der Waals surface area contributed by atoms with Crippen LogP contribution >= 0.6 is 0 Å². The number of nitrogens with one attached hydrogen (secondary N) is 2. The minimum Gasteiger partial charge on any atom is -0.473 e. The Kier molecular flexibility index (Phi) is 5.90. The predicted molar refractivity (Wildman–Crippen MR) is 84.6 cm³/mol. The molecule has 21 heavy (non-hydrogen) atoms. The highest BCUT2D eigenvalue weighted by atomic mass is 16.5. The maximum absolute atomic E-state index is 11.9. The number of carbonyl (C=O) groups is 1. The highest BCUT2D eigenvalue weighted by molar-refractivity contribution is 5.74. The zero-order chi connectivity index (χ0) is 15.1. The van der Waals surface area contributed by atoms with Crippen LogP contribution in [0.15, 0.2) is 18.2 Å². The molecule has 0 saturated heterocycles. The molecule has 0 bridgehead atoms. The number of ether oxygens (including phenoxy) is 1. The minimum atomic E-state index is -0.133. The van der Waals surface area contributed by atoms with Gasteiger partial charge < -0.3 is 15.4 Å². The first kappa shape index (κ1) is 15.7. The van der Waals surface area contributed by atoms with Crippen LogP contribution in [0.25, 0.3) is 0 Å². The molecule has 116 valence electrons. The van der Waals surface area contributed by atoms with Gasteiger partial charge in [0.15, 0.2) is 6.73 Å². The second-order valence-corrected chi connectivity index (χ2v) is 5.90. The third-order valence-corrected chi connectivity index (χ3v) is 3.98. The van der Waals surface area contributed by atoms with Crippen molar-refractivity contribution >= 4 is 6.03 Å². The molecule has 1 aliphatic carbocycles. The molecule has 0 atom stereocenters. The van der Waals surface area contributed by atoms with E-state index in [0.29, 0.717) is 6.04 Å². The summed E-state index contributed by atoms with van der Waals surface area (Å²) in [6.07, 6.45) is 7.18. The van der Waals surface area contributed by atoms with E-state index in [-0.39, 0.29) is 12.8 Å². The van der Waals surface area contributed by atoms with E-state index in [2.05, 4.69) is 23.6 Å². The molecule has 1 fully saturated rings. The molecular weight excluding hydrogens is 264 g/mol. The van der Waals surface area contributed by atoms with Crippen LogP contribution in [0.3, 0.4) is 0 Å². The number of benzene rings is 1. The zero-order valence-corrected chi connectivity index (χ0v) is 13.1. The average Bonchev–Trinajstić information content (AvgIpc) is 2.70. The van der Waals surface area contributed by atoms with Crippen LogP contribution in [0.2, 0.25) is 0 Å². The van der Waals surface area contributed by atoms with Crippen molar-refractivity contribution in [3.05, 3.63) is 29.3 Å². The summed E-state index contributed by atoms with van der Waals surface area (Å²) in [6.45, 7) is 4.26. The number of carbonyl (C=O) groups excluding carboxylic acids is 1. The van der Waals surface area contributed by atoms with Gasteiger partial charge in [-0.3, -0.25) is 0 Å². The average molecular weight is 290 g/mol. The molecular formula is C17H26N2O2. The summed E-state index contributed by atoms with van der Waals surface area (Å²) >= 11 is 0. The van der Waals surface area contributed by atoms with E-state index in [0.717, 1.165) is 24.2 Å². The van der Waals surface area contributed by atoms with E-state index < -0.39 is 0 Å². The molecule has 2 N–H and O–H groups in total. The van der Waals surface area contributed by atoms with Gasteiger partial charge in [-0.15, -0.1) is 0 Å². The maximum Gasteiger partial charge on any atom is 0.317 e. The molecule has 2 rings (SSSR count). The molecule has 4 nitrogen and oxygen atoms in total. The molecule has 2 amide bonds. The fraction of sp³-hybridized carbons (Fsp3) is 0.588. The van der Waals surface area contributed by atoms with Crippen molar-refractivity contribution in [2.24, 2.45) is 0 Å². The SMILES string of the molecule is Cc1ccc(OCNC(=O)NC2CCCCCC2)c(C)c1. The Labute approximate surface area is 127 Å². The van der Waals surface area contributed by atoms with Crippen LogP contribution in [0.4, 0.5) is 4.79 Å². The van der Waals surface area contributed by atoms with Crippen molar-refractivity contribution in [2.45, 2.75) is 58.4 Å². The minimum absolute atomic E-state index is 0.133. The number of hydrogen-bond donors (Lipinski definition) is 2. The highest BCUT2D eigenvalue weighted by Gasteiger charge is 2.14. The zero-order valence-electron chi connectivity index (χ0n) is 13.1. The normalized spacial score (nSPS) is 16.1. The lowest BCUT2D eigenvalue weighted by Crippen LogP contribution is -2.43. The third-order valence-electron chi connectivity index (χ3n) is 3.98. The van der Waals surface area contributed by atoms with Crippen molar-refractivity contribution in [1.29, 1.82) is 0 Å². The molecule has 1 aromatic rings. The Morgan fingerprint density at radius 1 is 1.19 bits per heavy atom. The summed E-state index contributed by atoms with van der Waals surface area (Å²) in [5.41, 5.74) is 2.29. The summed E-state index contributed by atoms with van der Waals surface area (Å²) in [7, 11) is 0. The summed E-state index contributed by atoms with van der Waals surface area (Å²) in [6, 6.07) is 6.20. The molecule has 0 radical (unpaired) electrons. The summed E-state index contributed by atoms with van der Waals surface area (Å²) in [5.74, 6) is 0.815. The van der Waals surface area contributed by atoms with E-state index >= 15 is 0 Å². The Balaban J connectivity index is 1.71. The van der Waals surface area contributed by atoms with Crippen LogP contribution < -0.4 is 15.4 Å². The van der Waals surface area contributed by atoms with Crippen LogP contribution in [0, 0.1) is 13.8 Å². The molecule has 4 heteroatoms. The second-order valence-electron chi connectivity index (χ2n) is 5.90. The molecule has 0 aliphatic heterocycles. The molecule has 0 unspecified atom stereocenters. The third kappa shape index (κ3) is 5.29. The lowest BCUT2D eigenvalue weighted by Gasteiger charge is -2.17. The smallest absolute Gasteiger partial charge is 0.317 e. The van der Waals surface area contributed by atoms with E-state index in [1.54, 1.807) is 0 Å². The van der Waals surface area contributed by atoms with Crippen LogP contribution in [0.1, 0.15) is 49.7 Å². The second kappa shape index (κ2) is 7.91. The van der Waals surface area contributed by atoms with Crippen molar-refractivity contribution in [3.63, 3.8) is 0 Å². The first-order valence-corrected chi connectivity index (χ1v) is 7.89. The number of amides is 2. The van der Waals surface area contributed by atoms with Gasteiger partial charge in [0.25, 0.3) is 0 Å². The van der Waals surface area contributed by atoms with Gasteiger partial charge in [-0.05, 0) is 38.3 Å². The maximum atomic E-state index is 11.9. The fourth-order valence-corrected chi connectivity index (χ4v) is 2.80. The van der Waals surface area contributed by atoms with Crippen molar-refractivity contribution in [2.75, 3.05) is 6.73 Å². The van der Waals surface area contributed by atoms with E-state index in [4.69, 9.17) is 4.74 Å². The Bertz CT molecular complexity index is 466. The quantitative estimate of drug-likeness (QED) is 0.656. The lowest BCUT2D eigenvalue weighted by molar-refractivity contribution is 0.219. The van der Waals surface area contributed by atoms with Gasteiger partial charge >= 0.3 is 6.03 Å². The molecule has 0 aromatic heterocycles. The van der Waals surface area contributed by atoms with Crippen molar-refractivity contribution < 1.29 is 9.53 Å². The fourth-order valence-electron chi connectivity index (χ4n) is 2.80. The Morgan fingerprint density at radius 2 is 1.90 bits per heavy atom. The highest BCUT2D eigenvalue weighted by Crippen LogP contribution is 2.18. The van der Waals surface area contributed by atoms with E-state index in [1.807, 2.05) is 19.1 Å². The molecule has 1 saturated carbocycles. The summed E-state index contributed by atoms with van der Waals surface area (Å²) in [4.78, 5) is 11.9. The number of aryl methyl sites for hydroxylation is 2. The van der Waals surface area contributed by atoms with Crippen LogP contribution in [0.5, 0.6) is 5.75 Å². The van der Waals surface area contributed by atoms with Crippen LogP contribution in [-0.2, 0) is 0 Å². The van der Waals surface area contributed by atoms with Crippen LogP contribution in [-0.4, -0.2) is 18.8 Å². The number of urea groups is 1. The molecule has 1 aliphatic rings. The summed E-state index contributed by atoms with van der Waals surface area (Å²) in [5, 5.41) is 5.81. The summed E-state index contributed by atoms with van der Waals surface area (Å²) < 4.78 is 5.60. The van der Waals surface area contributed by atoms with Gasteiger partial charge in [0, 0.05) is 6.04 Å². The lowest BCUT2D eigenvalue weighted by atomic mass is 10.1. The van der Waals surface area contributed by atoms with Gasteiger partial charge in [-0.2, -0.15) is 0 Å². The van der Waals surface area contributed by atoms with Gasteiger partial charge in [-0.25, -0.2) is 4.79 Å². The van der Waals surface area contributed by atoms with Crippen molar-refractivity contribution in [3.8, 4) is 5.75 Å². The monoisotopic (exact) mass is 290 g/mol. The standard InChI is InChI=1S/C17H26N2O2/c1-13-9-10-16(14(2)11-13)21-12-18-17(20)19-15-7-5-3-4-6-8-15/h9-11,15H,3-8,12H2,1-2H3,(H2,18,19,20). The Morgan fingerprint density at radius 3 is 2.57 bits per heavy atom. The van der Waals surface area contributed by atoms with Gasteiger partial charge in [0.1, 0.15) is 5.75 Å². The number of hydrogen-bond acceptors (Lipinski definition) is 2. The largest absolute Gasteiger partial charge is 0.473 e. The van der Waals surface area contributed by atoms with E-state index in [1.165, 1.54) is 31.2 Å². The molecule has 1 aromatic carbocycles. The van der Waals surface area contributed by atoms with Gasteiger partial charge in [-0.1, -0.05) is 43.4 Å². The predicted octanol–water partition coefficient (Wildman–Crippen LogP) is 3.66. The van der Waals surface area contributed by atoms with Gasteiger partial charge in [0.05, 0.1) is 0 Å². The first-order valence-electron chi connectivity index (χ1n) is 7.89. The topological polar surface area (TPSA) is 50.4 Å². The van der Waals surface area contributed by atoms with Crippen molar-refractivity contribution in [1.82, 2.24) is 10.6 Å². The molecule has 0 spiro atoms.